The maximum Gasteiger partial charge on any atom is 0.255 e. The standard InChI is InChI=1S/C35H30FN5O5S/c1-37-35(42)32-24-15-23(26-11-7-19-13-14-41-27-6-4-5-25(36)22(27)16-29(41)33(19)39-26)28(40(2)47(3,43)44)17-30(24)46-34(32)20-8-12-31(38-18-20)45-21-9-10-21/h4-8,11-12,15-18,21H,9-10,13-14H2,1-3H3,(H,37,42). The van der Waals surface area contributed by atoms with Crippen molar-refractivity contribution in [2.75, 3.05) is 24.7 Å². The number of carbonyl (C=O) groups excluding carboxylic acids is 1. The molecule has 1 fully saturated rings. The van der Waals surface area contributed by atoms with Gasteiger partial charge in [-0.1, -0.05) is 12.1 Å². The molecule has 2 aromatic carbocycles. The number of anilines is 1. The van der Waals surface area contributed by atoms with Crippen molar-refractivity contribution < 1.29 is 26.8 Å². The predicted molar refractivity (Wildman–Crippen MR) is 178 cm³/mol. The highest BCUT2D eigenvalue weighted by atomic mass is 32.2. The second-order valence-electron chi connectivity index (χ2n) is 12.0. The monoisotopic (exact) mass is 651 g/mol. The average Bonchev–Trinajstić information content (AvgIpc) is 3.67. The van der Waals surface area contributed by atoms with E-state index >= 15 is 0 Å². The SMILES string of the molecule is CNC(=O)c1c(-c2ccc(OC3CC3)nc2)oc2cc(N(C)S(C)(=O)=O)c(-c3ccc4c(n3)-c3cc5c(F)cccc5n3CC4)cc12. The molecule has 47 heavy (non-hydrogen) atoms. The van der Waals surface area contributed by atoms with Crippen molar-refractivity contribution >= 4 is 43.5 Å². The number of pyridine rings is 2. The third-order valence-corrected chi connectivity index (χ3v) is 10.1. The number of hydrogen-bond donors (Lipinski definition) is 1. The lowest BCUT2D eigenvalue weighted by atomic mass is 9.99. The van der Waals surface area contributed by atoms with E-state index in [-0.39, 0.29) is 23.4 Å². The Bertz CT molecular complexity index is 2360. The molecule has 1 aliphatic heterocycles. The first-order valence-corrected chi connectivity index (χ1v) is 17.1. The van der Waals surface area contributed by atoms with E-state index in [0.29, 0.717) is 69.2 Å². The minimum atomic E-state index is -3.71. The molecule has 1 saturated carbocycles. The number of rotatable bonds is 7. The maximum atomic E-state index is 14.8. The summed E-state index contributed by atoms with van der Waals surface area (Å²) in [5.74, 6) is 0.105. The van der Waals surface area contributed by atoms with Gasteiger partial charge in [0.15, 0.2) is 0 Å². The molecule has 0 radical (unpaired) electrons. The molecule has 12 heteroatoms. The van der Waals surface area contributed by atoms with Crippen LogP contribution in [0.4, 0.5) is 10.1 Å². The second-order valence-corrected chi connectivity index (χ2v) is 14.0. The molecule has 0 unspecified atom stereocenters. The van der Waals surface area contributed by atoms with E-state index in [9.17, 15) is 17.6 Å². The fourth-order valence-corrected chi connectivity index (χ4v) is 6.76. The van der Waals surface area contributed by atoms with Gasteiger partial charge in [-0.25, -0.2) is 22.8 Å². The smallest absolute Gasteiger partial charge is 0.255 e. The fourth-order valence-electron chi connectivity index (χ4n) is 6.25. The zero-order valence-corrected chi connectivity index (χ0v) is 26.7. The van der Waals surface area contributed by atoms with Crippen molar-refractivity contribution in [1.82, 2.24) is 19.9 Å². The van der Waals surface area contributed by atoms with E-state index in [2.05, 4.69) is 14.9 Å². The van der Waals surface area contributed by atoms with Crippen LogP contribution < -0.4 is 14.4 Å². The summed E-state index contributed by atoms with van der Waals surface area (Å²) in [5.41, 5.74) is 5.73. The highest BCUT2D eigenvalue weighted by molar-refractivity contribution is 7.92. The minimum Gasteiger partial charge on any atom is -0.474 e. The first-order valence-electron chi connectivity index (χ1n) is 15.3. The van der Waals surface area contributed by atoms with Gasteiger partial charge in [0.2, 0.25) is 15.9 Å². The van der Waals surface area contributed by atoms with Gasteiger partial charge in [-0.15, -0.1) is 0 Å². The number of fused-ring (bicyclic) bond motifs is 6. The van der Waals surface area contributed by atoms with Crippen LogP contribution in [-0.2, 0) is 23.0 Å². The number of nitrogens with one attached hydrogen (secondary N) is 1. The van der Waals surface area contributed by atoms with E-state index in [1.54, 1.807) is 36.5 Å². The van der Waals surface area contributed by atoms with Crippen molar-refractivity contribution in [3.05, 3.63) is 83.8 Å². The Morgan fingerprint density at radius 1 is 1.11 bits per heavy atom. The molecule has 1 amide bonds. The lowest BCUT2D eigenvalue weighted by Gasteiger charge is -2.23. The Hall–Kier alpha value is -5.23. The van der Waals surface area contributed by atoms with Crippen LogP contribution in [0.5, 0.6) is 5.88 Å². The zero-order valence-electron chi connectivity index (χ0n) is 25.9. The van der Waals surface area contributed by atoms with Crippen LogP contribution in [-0.4, -0.2) is 55.3 Å². The third-order valence-electron chi connectivity index (χ3n) is 8.90. The molecule has 0 bridgehead atoms. The molecule has 0 saturated heterocycles. The highest BCUT2D eigenvalue weighted by Crippen LogP contribution is 2.43. The Morgan fingerprint density at radius 2 is 1.94 bits per heavy atom. The van der Waals surface area contributed by atoms with Crippen molar-refractivity contribution in [3.8, 4) is 39.8 Å². The molecule has 0 atom stereocenters. The van der Waals surface area contributed by atoms with Crippen LogP contribution >= 0.6 is 0 Å². The Kier molecular flexibility index (Phi) is 6.62. The molecule has 1 aliphatic carbocycles. The number of furan rings is 1. The first kappa shape index (κ1) is 29.2. The van der Waals surface area contributed by atoms with Crippen LogP contribution in [0.1, 0.15) is 28.8 Å². The summed E-state index contributed by atoms with van der Waals surface area (Å²) in [6.45, 7) is 0.681. The van der Waals surface area contributed by atoms with Crippen molar-refractivity contribution in [3.63, 3.8) is 0 Å². The molecule has 238 valence electrons. The highest BCUT2D eigenvalue weighted by Gasteiger charge is 2.29. The summed E-state index contributed by atoms with van der Waals surface area (Å²) >= 11 is 0. The van der Waals surface area contributed by atoms with E-state index in [4.69, 9.17) is 14.1 Å². The Morgan fingerprint density at radius 3 is 2.66 bits per heavy atom. The summed E-state index contributed by atoms with van der Waals surface area (Å²) in [7, 11) is -0.714. The molecule has 8 rings (SSSR count). The number of aryl methyl sites for hydroxylation is 2. The lowest BCUT2D eigenvalue weighted by Crippen LogP contribution is -2.25. The number of amides is 1. The second kappa shape index (κ2) is 10.7. The summed E-state index contributed by atoms with van der Waals surface area (Å²) in [4.78, 5) is 22.9. The van der Waals surface area contributed by atoms with Gasteiger partial charge in [-0.2, -0.15) is 0 Å². The van der Waals surface area contributed by atoms with Crippen LogP contribution in [0, 0.1) is 5.82 Å². The minimum absolute atomic E-state index is 0.186. The zero-order chi connectivity index (χ0) is 32.6. The summed E-state index contributed by atoms with van der Waals surface area (Å²) in [6, 6.07) is 17.6. The van der Waals surface area contributed by atoms with Crippen molar-refractivity contribution in [2.45, 2.75) is 31.9 Å². The van der Waals surface area contributed by atoms with Crippen LogP contribution in [0.25, 0.3) is 55.8 Å². The third kappa shape index (κ3) is 4.91. The van der Waals surface area contributed by atoms with Crippen LogP contribution in [0.2, 0.25) is 0 Å². The molecule has 10 nitrogen and oxygen atoms in total. The van der Waals surface area contributed by atoms with Crippen molar-refractivity contribution in [2.24, 2.45) is 0 Å². The van der Waals surface area contributed by atoms with Gasteiger partial charge >= 0.3 is 0 Å². The predicted octanol–water partition coefficient (Wildman–Crippen LogP) is 6.17. The number of halogens is 1. The number of hydrogen-bond acceptors (Lipinski definition) is 7. The molecular weight excluding hydrogens is 621 g/mol. The van der Waals surface area contributed by atoms with Gasteiger partial charge in [-0.3, -0.25) is 9.10 Å². The molecular formula is C35H30FN5O5S. The Balaban J connectivity index is 1.33. The molecule has 4 aromatic heterocycles. The van der Waals surface area contributed by atoms with E-state index in [0.717, 1.165) is 35.9 Å². The summed E-state index contributed by atoms with van der Waals surface area (Å²) < 4.78 is 55.9. The van der Waals surface area contributed by atoms with Crippen LogP contribution in [0.15, 0.2) is 71.3 Å². The molecule has 1 N–H and O–H groups in total. The maximum absolute atomic E-state index is 14.8. The van der Waals surface area contributed by atoms with Gasteiger partial charge in [0.05, 0.1) is 40.1 Å². The molecule has 5 heterocycles. The summed E-state index contributed by atoms with van der Waals surface area (Å²) in [5, 5.41) is 3.70. The number of aromatic nitrogens is 3. The molecule has 0 spiro atoms. The topological polar surface area (TPSA) is 120 Å². The average molecular weight is 652 g/mol. The normalized spacial score (nSPS) is 14.2. The quantitative estimate of drug-likeness (QED) is 0.219. The fraction of sp³-hybridized carbons (Fsp3) is 0.229. The van der Waals surface area contributed by atoms with E-state index < -0.39 is 10.0 Å². The van der Waals surface area contributed by atoms with E-state index in [1.165, 1.54) is 24.5 Å². The first-order chi connectivity index (χ1) is 22.6. The Labute approximate surface area is 269 Å². The van der Waals surface area contributed by atoms with Crippen LogP contribution in [0.3, 0.4) is 0 Å². The summed E-state index contributed by atoms with van der Waals surface area (Å²) in [6.07, 6.45) is 5.61. The van der Waals surface area contributed by atoms with Gasteiger partial charge < -0.3 is 19.0 Å². The van der Waals surface area contributed by atoms with Gasteiger partial charge in [0.25, 0.3) is 5.91 Å². The number of benzene rings is 2. The number of nitrogens with zero attached hydrogens (tertiary/aromatic N) is 4. The number of ether oxygens (including phenoxy) is 1. The molecule has 6 aromatic rings. The van der Waals surface area contributed by atoms with Gasteiger partial charge in [0.1, 0.15) is 23.3 Å². The van der Waals surface area contributed by atoms with Crippen molar-refractivity contribution in [1.29, 1.82) is 0 Å². The van der Waals surface area contributed by atoms with E-state index in [1.807, 2.05) is 24.3 Å². The van der Waals surface area contributed by atoms with Gasteiger partial charge in [0, 0.05) is 60.9 Å². The number of carbonyl (C=O) groups is 1. The number of sulfonamides is 1. The lowest BCUT2D eigenvalue weighted by molar-refractivity contribution is 0.0964. The molecule has 2 aliphatic rings. The largest absolute Gasteiger partial charge is 0.474 e. The van der Waals surface area contributed by atoms with Gasteiger partial charge in [-0.05, 0) is 61.2 Å².